The Labute approximate surface area is 113 Å². The van der Waals surface area contributed by atoms with Gasteiger partial charge in [-0.25, -0.2) is 4.79 Å². The van der Waals surface area contributed by atoms with Gasteiger partial charge in [-0.15, -0.1) is 0 Å². The molecule has 102 valence electrons. The summed E-state index contributed by atoms with van der Waals surface area (Å²) >= 11 is 0. The first-order valence-electron chi connectivity index (χ1n) is 6.69. The van der Waals surface area contributed by atoms with Crippen LogP contribution in [0.15, 0.2) is 42.5 Å². The highest BCUT2D eigenvalue weighted by molar-refractivity contribution is 5.86. The Morgan fingerprint density at radius 1 is 1.26 bits per heavy atom. The van der Waals surface area contributed by atoms with Crippen LogP contribution in [0.1, 0.15) is 25.7 Å². The molecule has 2 atom stereocenters. The summed E-state index contributed by atoms with van der Waals surface area (Å²) in [6, 6.07) is 8.73. The van der Waals surface area contributed by atoms with E-state index in [4.69, 9.17) is 5.73 Å². The van der Waals surface area contributed by atoms with Crippen molar-refractivity contribution in [3.05, 3.63) is 42.5 Å². The highest BCUT2D eigenvalue weighted by Gasteiger charge is 2.28. The van der Waals surface area contributed by atoms with Gasteiger partial charge in [-0.3, -0.25) is 4.90 Å². The van der Waals surface area contributed by atoms with Crippen LogP contribution in [0.2, 0.25) is 0 Å². The summed E-state index contributed by atoms with van der Waals surface area (Å²) in [5.74, 6) is 0. The fraction of sp³-hybridized carbons (Fsp3) is 0.400. The lowest BCUT2D eigenvalue weighted by atomic mass is 9.96. The Bertz CT molecular complexity index is 445. The summed E-state index contributed by atoms with van der Waals surface area (Å²) in [6.45, 7) is 0. The van der Waals surface area contributed by atoms with Crippen LogP contribution < -0.4 is 10.6 Å². The van der Waals surface area contributed by atoms with E-state index in [0.29, 0.717) is 5.69 Å². The van der Waals surface area contributed by atoms with Gasteiger partial charge in [0.2, 0.25) is 0 Å². The zero-order chi connectivity index (χ0) is 13.7. The van der Waals surface area contributed by atoms with Crippen molar-refractivity contribution in [3.8, 4) is 0 Å². The highest BCUT2D eigenvalue weighted by Crippen LogP contribution is 2.23. The summed E-state index contributed by atoms with van der Waals surface area (Å²) in [5, 5.41) is 9.51. The van der Waals surface area contributed by atoms with Crippen LogP contribution in [-0.2, 0) is 0 Å². The molecular weight excluding hydrogens is 240 g/mol. The van der Waals surface area contributed by atoms with Crippen LogP contribution in [-0.4, -0.2) is 23.3 Å². The van der Waals surface area contributed by atoms with Gasteiger partial charge in [0.05, 0.1) is 6.04 Å². The minimum absolute atomic E-state index is 0.198. The van der Waals surface area contributed by atoms with Crippen molar-refractivity contribution in [2.24, 2.45) is 5.73 Å². The largest absolute Gasteiger partial charge is 0.465 e. The topological polar surface area (TPSA) is 66.6 Å². The molecule has 1 amide bonds. The van der Waals surface area contributed by atoms with Gasteiger partial charge in [0.25, 0.3) is 0 Å². The molecule has 0 unspecified atom stereocenters. The van der Waals surface area contributed by atoms with Crippen LogP contribution in [0.3, 0.4) is 0 Å². The average molecular weight is 260 g/mol. The molecule has 1 aliphatic rings. The van der Waals surface area contributed by atoms with E-state index in [-0.39, 0.29) is 12.1 Å². The average Bonchev–Trinajstić information content (AvgIpc) is 2.39. The Morgan fingerprint density at radius 2 is 2.00 bits per heavy atom. The molecular formula is C15H20N2O2. The van der Waals surface area contributed by atoms with Gasteiger partial charge in [0.15, 0.2) is 0 Å². The van der Waals surface area contributed by atoms with Gasteiger partial charge < -0.3 is 10.8 Å². The standard InChI is InChI=1S/C15H20N2O2/c16-13-10-6-1-2-7-11-14(13)17(15(18)19)12-8-4-3-5-9-12/h3-6,8-10,13-14H,1-2,7,11,16H2,(H,18,19)/b10-6+/t13-,14-/m1/s1. The maximum Gasteiger partial charge on any atom is 0.412 e. The zero-order valence-electron chi connectivity index (χ0n) is 10.9. The number of hydrogen-bond donors (Lipinski definition) is 2. The van der Waals surface area contributed by atoms with Crippen molar-refractivity contribution < 1.29 is 9.90 Å². The van der Waals surface area contributed by atoms with Gasteiger partial charge in [-0.2, -0.15) is 0 Å². The second-order valence-electron chi connectivity index (χ2n) is 4.85. The lowest BCUT2D eigenvalue weighted by Crippen LogP contribution is -2.50. The summed E-state index contributed by atoms with van der Waals surface area (Å²) in [7, 11) is 0. The number of nitrogens with two attached hydrogens (primary N) is 1. The quantitative estimate of drug-likeness (QED) is 0.803. The number of rotatable bonds is 2. The monoisotopic (exact) mass is 260 g/mol. The predicted molar refractivity (Wildman–Crippen MR) is 76.3 cm³/mol. The van der Waals surface area contributed by atoms with Crippen molar-refractivity contribution in [1.82, 2.24) is 0 Å². The maximum absolute atomic E-state index is 11.6. The molecule has 2 rings (SSSR count). The van der Waals surface area contributed by atoms with Crippen LogP contribution in [0.5, 0.6) is 0 Å². The lowest BCUT2D eigenvalue weighted by Gasteiger charge is -2.33. The first-order valence-corrected chi connectivity index (χ1v) is 6.69. The van der Waals surface area contributed by atoms with Gasteiger partial charge in [0, 0.05) is 11.7 Å². The van der Waals surface area contributed by atoms with E-state index in [2.05, 4.69) is 6.08 Å². The molecule has 0 spiro atoms. The number of nitrogens with zero attached hydrogens (tertiary/aromatic N) is 1. The van der Waals surface area contributed by atoms with E-state index in [1.54, 1.807) is 0 Å². The third-order valence-corrected chi connectivity index (χ3v) is 3.50. The smallest absolute Gasteiger partial charge is 0.412 e. The van der Waals surface area contributed by atoms with E-state index < -0.39 is 6.09 Å². The van der Waals surface area contributed by atoms with Crippen molar-refractivity contribution in [1.29, 1.82) is 0 Å². The predicted octanol–water partition coefficient (Wildman–Crippen LogP) is 3.00. The molecule has 4 nitrogen and oxygen atoms in total. The normalized spacial score (nSPS) is 25.1. The number of para-hydroxylation sites is 1. The molecule has 0 fully saturated rings. The maximum atomic E-state index is 11.6. The van der Waals surface area contributed by atoms with E-state index in [1.165, 1.54) is 4.90 Å². The number of allylic oxidation sites excluding steroid dienone is 1. The summed E-state index contributed by atoms with van der Waals surface area (Å²) in [6.07, 6.45) is 6.96. The molecule has 3 N–H and O–H groups in total. The minimum atomic E-state index is -0.944. The number of carbonyl (C=O) groups is 1. The molecule has 1 aliphatic carbocycles. The van der Waals surface area contributed by atoms with Crippen LogP contribution in [0, 0.1) is 0 Å². The van der Waals surface area contributed by atoms with Crippen molar-refractivity contribution in [2.45, 2.75) is 37.8 Å². The first kappa shape index (κ1) is 13.6. The number of benzene rings is 1. The summed E-state index contributed by atoms with van der Waals surface area (Å²) < 4.78 is 0. The molecule has 0 aliphatic heterocycles. The second-order valence-corrected chi connectivity index (χ2v) is 4.85. The van der Waals surface area contributed by atoms with E-state index in [1.807, 2.05) is 36.4 Å². The van der Waals surface area contributed by atoms with Gasteiger partial charge in [-0.1, -0.05) is 36.8 Å². The van der Waals surface area contributed by atoms with Crippen LogP contribution in [0.4, 0.5) is 10.5 Å². The number of anilines is 1. The fourth-order valence-corrected chi connectivity index (χ4v) is 2.52. The molecule has 1 aromatic rings. The number of hydrogen-bond acceptors (Lipinski definition) is 2. The molecule has 4 heteroatoms. The van der Waals surface area contributed by atoms with Gasteiger partial charge in [0.1, 0.15) is 0 Å². The number of carboxylic acid groups (broad SMARTS) is 1. The van der Waals surface area contributed by atoms with E-state index in [9.17, 15) is 9.90 Å². The minimum Gasteiger partial charge on any atom is -0.465 e. The third kappa shape index (κ3) is 3.35. The SMILES string of the molecule is N[C@@H]1/C=C/CCCC[C@H]1N(C(=O)O)c1ccccc1. The van der Waals surface area contributed by atoms with E-state index in [0.717, 1.165) is 25.7 Å². The van der Waals surface area contributed by atoms with Crippen LogP contribution in [0.25, 0.3) is 0 Å². The molecule has 1 aromatic carbocycles. The highest BCUT2D eigenvalue weighted by atomic mass is 16.4. The summed E-state index contributed by atoms with van der Waals surface area (Å²) in [4.78, 5) is 13.0. The van der Waals surface area contributed by atoms with Crippen molar-refractivity contribution >= 4 is 11.8 Å². The zero-order valence-corrected chi connectivity index (χ0v) is 10.9. The van der Waals surface area contributed by atoms with Crippen molar-refractivity contribution in [2.75, 3.05) is 4.90 Å². The molecule has 0 aromatic heterocycles. The van der Waals surface area contributed by atoms with Gasteiger partial charge in [-0.05, 0) is 31.4 Å². The number of amides is 1. The van der Waals surface area contributed by atoms with E-state index >= 15 is 0 Å². The molecule has 0 radical (unpaired) electrons. The Balaban J connectivity index is 2.29. The van der Waals surface area contributed by atoms with Crippen molar-refractivity contribution in [3.63, 3.8) is 0 Å². The Hall–Kier alpha value is -1.81. The molecule has 0 saturated carbocycles. The van der Waals surface area contributed by atoms with Gasteiger partial charge >= 0.3 is 6.09 Å². The Kier molecular flexibility index (Phi) is 4.58. The molecule has 0 saturated heterocycles. The Morgan fingerprint density at radius 3 is 2.68 bits per heavy atom. The fourth-order valence-electron chi connectivity index (χ4n) is 2.52. The third-order valence-electron chi connectivity index (χ3n) is 3.50. The lowest BCUT2D eigenvalue weighted by molar-refractivity contribution is 0.197. The first-order chi connectivity index (χ1) is 9.20. The second kappa shape index (κ2) is 6.38. The molecule has 0 bridgehead atoms. The molecule has 19 heavy (non-hydrogen) atoms. The summed E-state index contributed by atoms with van der Waals surface area (Å²) in [5.41, 5.74) is 6.82. The van der Waals surface area contributed by atoms with Crippen LogP contribution >= 0.6 is 0 Å². The molecule has 0 heterocycles.